The first-order chi connectivity index (χ1) is 7.77. The van der Waals surface area contributed by atoms with Crippen molar-refractivity contribution >= 4 is 23.4 Å². The van der Waals surface area contributed by atoms with Gasteiger partial charge >= 0.3 is 0 Å². The molecule has 2 heterocycles. The zero-order valence-electron chi connectivity index (χ0n) is 9.01. The quantitative estimate of drug-likeness (QED) is 0.828. The summed E-state index contributed by atoms with van der Waals surface area (Å²) in [6.45, 7) is 2.78. The molecule has 0 amide bonds. The van der Waals surface area contributed by atoms with Gasteiger partial charge in [0, 0.05) is 6.54 Å². The summed E-state index contributed by atoms with van der Waals surface area (Å²) in [7, 11) is 0. The maximum atomic E-state index is 11.0. The van der Waals surface area contributed by atoms with Gasteiger partial charge in [0.15, 0.2) is 6.29 Å². The summed E-state index contributed by atoms with van der Waals surface area (Å²) < 4.78 is 1.69. The zero-order chi connectivity index (χ0) is 11.5. The highest BCUT2D eigenvalue weighted by Gasteiger charge is 2.16. The molecule has 0 bridgehead atoms. The van der Waals surface area contributed by atoms with Crippen molar-refractivity contribution in [1.29, 1.82) is 0 Å². The van der Waals surface area contributed by atoms with E-state index in [0.717, 1.165) is 24.1 Å². The van der Waals surface area contributed by atoms with Crippen molar-refractivity contribution in [3.8, 4) is 10.6 Å². The van der Waals surface area contributed by atoms with Crippen LogP contribution in [0, 0.1) is 0 Å². The second kappa shape index (κ2) is 4.49. The van der Waals surface area contributed by atoms with Crippen LogP contribution in [0.1, 0.15) is 23.7 Å². The first-order valence-electron chi connectivity index (χ1n) is 5.13. The van der Waals surface area contributed by atoms with Gasteiger partial charge in [-0.2, -0.15) is 5.10 Å². The van der Waals surface area contributed by atoms with Crippen LogP contribution >= 0.6 is 11.3 Å². The number of carbonyl (C=O) groups is 1. The van der Waals surface area contributed by atoms with Crippen LogP contribution in [0.25, 0.3) is 10.6 Å². The minimum Gasteiger partial charge on any atom is -0.383 e. The number of rotatable bonds is 4. The lowest BCUT2D eigenvalue weighted by molar-refractivity contribution is 0.112. The van der Waals surface area contributed by atoms with E-state index in [4.69, 9.17) is 5.73 Å². The fourth-order valence-electron chi connectivity index (χ4n) is 1.58. The minimum absolute atomic E-state index is 0.459. The zero-order valence-corrected chi connectivity index (χ0v) is 9.83. The van der Waals surface area contributed by atoms with Crippen LogP contribution in [-0.2, 0) is 6.54 Å². The van der Waals surface area contributed by atoms with Crippen molar-refractivity contribution in [3.05, 3.63) is 23.1 Å². The number of thiophene rings is 1. The summed E-state index contributed by atoms with van der Waals surface area (Å²) in [6, 6.07) is 3.87. The highest BCUT2D eigenvalue weighted by atomic mass is 32.1. The van der Waals surface area contributed by atoms with E-state index in [1.807, 2.05) is 24.4 Å². The van der Waals surface area contributed by atoms with Gasteiger partial charge in [-0.1, -0.05) is 13.0 Å². The number of nitrogens with two attached hydrogens (primary N) is 1. The maximum absolute atomic E-state index is 11.0. The topological polar surface area (TPSA) is 60.9 Å². The monoisotopic (exact) mass is 235 g/mol. The number of nitrogens with zero attached hydrogens (tertiary/aromatic N) is 2. The molecule has 0 unspecified atom stereocenters. The van der Waals surface area contributed by atoms with Crippen LogP contribution in [0.4, 0.5) is 5.82 Å². The molecule has 5 heteroatoms. The van der Waals surface area contributed by atoms with Gasteiger partial charge in [-0.25, -0.2) is 4.68 Å². The standard InChI is InChI=1S/C11H13N3OS/c1-2-5-14-11(12)8(7-15)10(13-14)9-4-3-6-16-9/h3-4,6-7H,2,5,12H2,1H3. The molecule has 16 heavy (non-hydrogen) atoms. The SMILES string of the molecule is CCCn1nc(-c2cccs2)c(C=O)c1N. The molecule has 0 aromatic carbocycles. The number of hydrogen-bond donors (Lipinski definition) is 1. The molecule has 0 atom stereocenters. The highest BCUT2D eigenvalue weighted by Crippen LogP contribution is 2.29. The van der Waals surface area contributed by atoms with Crippen molar-refractivity contribution in [2.45, 2.75) is 19.9 Å². The summed E-state index contributed by atoms with van der Waals surface area (Å²) >= 11 is 1.56. The molecule has 0 saturated heterocycles. The first-order valence-corrected chi connectivity index (χ1v) is 6.01. The number of nitrogen functional groups attached to an aromatic ring is 1. The van der Waals surface area contributed by atoms with Gasteiger partial charge in [-0.3, -0.25) is 4.79 Å². The van der Waals surface area contributed by atoms with Gasteiger partial charge in [0.1, 0.15) is 11.5 Å². The van der Waals surface area contributed by atoms with Crippen LogP contribution < -0.4 is 5.73 Å². The van der Waals surface area contributed by atoms with E-state index in [0.29, 0.717) is 17.1 Å². The van der Waals surface area contributed by atoms with E-state index in [-0.39, 0.29) is 0 Å². The van der Waals surface area contributed by atoms with E-state index >= 15 is 0 Å². The smallest absolute Gasteiger partial charge is 0.156 e. The third-order valence-corrected chi connectivity index (χ3v) is 3.21. The number of aromatic nitrogens is 2. The predicted molar refractivity (Wildman–Crippen MR) is 65.6 cm³/mol. The molecule has 84 valence electrons. The highest BCUT2D eigenvalue weighted by molar-refractivity contribution is 7.13. The maximum Gasteiger partial charge on any atom is 0.156 e. The summed E-state index contributed by atoms with van der Waals surface area (Å²) in [5, 5.41) is 6.34. The van der Waals surface area contributed by atoms with Gasteiger partial charge in [-0.05, 0) is 17.9 Å². The molecule has 0 radical (unpaired) electrons. The van der Waals surface area contributed by atoms with Crippen LogP contribution in [-0.4, -0.2) is 16.1 Å². The van der Waals surface area contributed by atoms with Crippen LogP contribution in [0.2, 0.25) is 0 Å². The second-order valence-corrected chi connectivity index (χ2v) is 4.41. The van der Waals surface area contributed by atoms with Gasteiger partial charge < -0.3 is 5.73 Å². The molecule has 4 nitrogen and oxygen atoms in total. The van der Waals surface area contributed by atoms with Crippen LogP contribution in [0.15, 0.2) is 17.5 Å². The summed E-state index contributed by atoms with van der Waals surface area (Å²) in [5.41, 5.74) is 7.07. The van der Waals surface area contributed by atoms with E-state index in [2.05, 4.69) is 5.10 Å². The Bertz CT molecular complexity index is 488. The Morgan fingerprint density at radius 1 is 1.62 bits per heavy atom. The van der Waals surface area contributed by atoms with Crippen molar-refractivity contribution < 1.29 is 4.79 Å². The summed E-state index contributed by atoms with van der Waals surface area (Å²) in [4.78, 5) is 12.0. The van der Waals surface area contributed by atoms with Gasteiger partial charge in [-0.15, -0.1) is 11.3 Å². The Morgan fingerprint density at radius 3 is 3.00 bits per heavy atom. The molecule has 2 aromatic heterocycles. The fraction of sp³-hybridized carbons (Fsp3) is 0.273. The molecule has 0 saturated carbocycles. The summed E-state index contributed by atoms with van der Waals surface area (Å²) in [6.07, 6.45) is 1.72. The minimum atomic E-state index is 0.459. The molecule has 2 N–H and O–H groups in total. The number of carbonyl (C=O) groups excluding carboxylic acids is 1. The molecule has 2 rings (SSSR count). The fourth-order valence-corrected chi connectivity index (χ4v) is 2.31. The molecular formula is C11H13N3OS. The molecule has 0 fully saturated rings. The van der Waals surface area contributed by atoms with Gasteiger partial charge in [0.05, 0.1) is 10.4 Å². The third-order valence-electron chi connectivity index (χ3n) is 2.34. The van der Waals surface area contributed by atoms with E-state index in [1.54, 1.807) is 16.0 Å². The van der Waals surface area contributed by atoms with E-state index in [1.165, 1.54) is 0 Å². The Hall–Kier alpha value is -1.62. The molecule has 0 aliphatic heterocycles. The van der Waals surface area contributed by atoms with Crippen molar-refractivity contribution in [3.63, 3.8) is 0 Å². The van der Waals surface area contributed by atoms with Crippen LogP contribution in [0.3, 0.4) is 0 Å². The van der Waals surface area contributed by atoms with Crippen molar-refractivity contribution in [2.24, 2.45) is 0 Å². The number of aryl methyl sites for hydroxylation is 1. The normalized spacial score (nSPS) is 10.6. The molecule has 2 aromatic rings. The number of hydrogen-bond acceptors (Lipinski definition) is 4. The van der Waals surface area contributed by atoms with E-state index < -0.39 is 0 Å². The average Bonchev–Trinajstić information content (AvgIpc) is 2.88. The molecular weight excluding hydrogens is 222 g/mol. The largest absolute Gasteiger partial charge is 0.383 e. The lowest BCUT2D eigenvalue weighted by atomic mass is 10.2. The van der Waals surface area contributed by atoms with Crippen molar-refractivity contribution in [2.75, 3.05) is 5.73 Å². The third kappa shape index (κ3) is 1.74. The Balaban J connectivity index is 2.53. The van der Waals surface area contributed by atoms with Crippen molar-refractivity contribution in [1.82, 2.24) is 9.78 Å². The van der Waals surface area contributed by atoms with E-state index in [9.17, 15) is 4.79 Å². The van der Waals surface area contributed by atoms with Crippen LogP contribution in [0.5, 0.6) is 0 Å². The molecule has 0 aliphatic carbocycles. The Morgan fingerprint density at radius 2 is 2.44 bits per heavy atom. The average molecular weight is 235 g/mol. The Labute approximate surface area is 97.7 Å². The molecule has 0 spiro atoms. The summed E-state index contributed by atoms with van der Waals surface area (Å²) in [5.74, 6) is 0.459. The predicted octanol–water partition coefficient (Wildman–Crippen LogP) is 2.42. The van der Waals surface area contributed by atoms with Gasteiger partial charge in [0.25, 0.3) is 0 Å². The first kappa shape index (κ1) is 10.9. The lowest BCUT2D eigenvalue weighted by Crippen LogP contribution is -2.04. The van der Waals surface area contributed by atoms with Gasteiger partial charge in [0.2, 0.25) is 0 Å². The molecule has 0 aliphatic rings. The number of anilines is 1. The Kier molecular flexibility index (Phi) is 3.05. The lowest BCUT2D eigenvalue weighted by Gasteiger charge is -1.99. The number of aldehydes is 1. The second-order valence-electron chi connectivity index (χ2n) is 3.47.